The van der Waals surface area contributed by atoms with E-state index < -0.39 is 11.7 Å². The lowest BCUT2D eigenvalue weighted by Gasteiger charge is -2.11. The molecule has 0 aromatic rings. The van der Waals surface area contributed by atoms with E-state index in [1.165, 1.54) is 6.92 Å². The van der Waals surface area contributed by atoms with E-state index in [1.54, 1.807) is 19.9 Å². The average Bonchev–Trinajstić information content (AvgIpc) is 1.98. The predicted octanol–water partition coefficient (Wildman–Crippen LogP) is 3.85. The second-order valence-electron chi connectivity index (χ2n) is 2.72. The van der Waals surface area contributed by atoms with Crippen LogP contribution in [0.25, 0.3) is 0 Å². The molecule has 0 rings (SSSR count). The lowest BCUT2D eigenvalue weighted by Crippen LogP contribution is -2.11. The van der Waals surface area contributed by atoms with Crippen LogP contribution in [0.1, 0.15) is 27.7 Å². The summed E-state index contributed by atoms with van der Waals surface area (Å²) >= 11 is 0. The standard InChI is InChI=1S/C9H13F3/c1-5-6(2)7(3)8(4)9(10,11)12/h5H,1-4H3/b6-5-,8-7+. The lowest BCUT2D eigenvalue weighted by atomic mass is 10.0. The normalized spacial score (nSPS) is 16.1. The highest BCUT2D eigenvalue weighted by Gasteiger charge is 2.31. The first-order valence-corrected chi connectivity index (χ1v) is 3.68. The Balaban J connectivity index is 4.96. The minimum Gasteiger partial charge on any atom is -0.166 e. The molecule has 0 spiro atoms. The van der Waals surface area contributed by atoms with Gasteiger partial charge < -0.3 is 0 Å². The summed E-state index contributed by atoms with van der Waals surface area (Å²) in [4.78, 5) is 0. The van der Waals surface area contributed by atoms with E-state index in [4.69, 9.17) is 0 Å². The summed E-state index contributed by atoms with van der Waals surface area (Å²) in [6.07, 6.45) is -2.53. The van der Waals surface area contributed by atoms with E-state index in [1.807, 2.05) is 0 Å². The van der Waals surface area contributed by atoms with E-state index in [2.05, 4.69) is 0 Å². The van der Waals surface area contributed by atoms with Crippen LogP contribution >= 0.6 is 0 Å². The maximum absolute atomic E-state index is 12.1. The molecular weight excluding hydrogens is 165 g/mol. The molecule has 0 saturated carbocycles. The summed E-state index contributed by atoms with van der Waals surface area (Å²) in [5.74, 6) is 0. The molecule has 0 fully saturated rings. The van der Waals surface area contributed by atoms with Gasteiger partial charge in [0.2, 0.25) is 0 Å². The Hall–Kier alpha value is -0.730. The van der Waals surface area contributed by atoms with Crippen molar-refractivity contribution >= 4 is 0 Å². The molecule has 0 saturated heterocycles. The molecule has 0 heterocycles. The van der Waals surface area contributed by atoms with Gasteiger partial charge in [-0.25, -0.2) is 0 Å². The zero-order valence-corrected chi connectivity index (χ0v) is 7.71. The lowest BCUT2D eigenvalue weighted by molar-refractivity contribution is -0.0920. The number of alkyl halides is 3. The Morgan fingerprint density at radius 1 is 1.08 bits per heavy atom. The summed E-state index contributed by atoms with van der Waals surface area (Å²) in [5.41, 5.74) is 0.466. The first-order chi connectivity index (χ1) is 5.30. The van der Waals surface area contributed by atoms with E-state index in [0.717, 1.165) is 6.92 Å². The van der Waals surface area contributed by atoms with E-state index in [9.17, 15) is 13.2 Å². The van der Waals surface area contributed by atoms with Gasteiger partial charge in [0.05, 0.1) is 0 Å². The van der Waals surface area contributed by atoms with Crippen molar-refractivity contribution in [3.05, 3.63) is 22.8 Å². The molecular formula is C9H13F3. The number of allylic oxidation sites excluding steroid dienone is 4. The minimum atomic E-state index is -4.20. The van der Waals surface area contributed by atoms with Crippen LogP contribution in [0.3, 0.4) is 0 Å². The molecule has 0 aliphatic heterocycles. The van der Waals surface area contributed by atoms with E-state index in [-0.39, 0.29) is 0 Å². The molecule has 0 atom stereocenters. The van der Waals surface area contributed by atoms with Crippen molar-refractivity contribution in [2.45, 2.75) is 33.9 Å². The first-order valence-electron chi connectivity index (χ1n) is 3.68. The summed E-state index contributed by atoms with van der Waals surface area (Å²) in [6, 6.07) is 0. The number of hydrogen-bond donors (Lipinski definition) is 0. The summed E-state index contributed by atoms with van der Waals surface area (Å²) in [5, 5.41) is 0. The van der Waals surface area contributed by atoms with Crippen LogP contribution in [-0.4, -0.2) is 6.18 Å². The Morgan fingerprint density at radius 3 is 1.75 bits per heavy atom. The summed E-state index contributed by atoms with van der Waals surface area (Å²) in [7, 11) is 0. The monoisotopic (exact) mass is 178 g/mol. The third kappa shape index (κ3) is 2.72. The highest BCUT2D eigenvalue weighted by Crippen LogP contribution is 2.29. The van der Waals surface area contributed by atoms with Crippen molar-refractivity contribution in [1.82, 2.24) is 0 Å². The summed E-state index contributed by atoms with van der Waals surface area (Å²) in [6.45, 7) is 5.98. The predicted molar refractivity (Wildman–Crippen MR) is 43.9 cm³/mol. The third-order valence-electron chi connectivity index (χ3n) is 2.01. The fraction of sp³-hybridized carbons (Fsp3) is 0.556. The van der Waals surface area contributed by atoms with Crippen molar-refractivity contribution in [3.8, 4) is 0 Å². The third-order valence-corrected chi connectivity index (χ3v) is 2.01. The molecule has 70 valence electrons. The zero-order valence-electron chi connectivity index (χ0n) is 7.71. The molecule has 0 bridgehead atoms. The molecule has 0 aliphatic rings. The molecule has 0 aromatic heterocycles. The van der Waals surface area contributed by atoms with Crippen molar-refractivity contribution in [2.75, 3.05) is 0 Å². The first kappa shape index (κ1) is 11.3. The van der Waals surface area contributed by atoms with Gasteiger partial charge in [-0.15, -0.1) is 0 Å². The molecule has 0 aliphatic carbocycles. The fourth-order valence-corrected chi connectivity index (χ4v) is 0.725. The van der Waals surface area contributed by atoms with Gasteiger partial charge in [0, 0.05) is 5.57 Å². The molecule has 0 amide bonds. The Kier molecular flexibility index (Phi) is 3.55. The van der Waals surface area contributed by atoms with E-state index in [0.29, 0.717) is 11.1 Å². The van der Waals surface area contributed by atoms with Gasteiger partial charge in [-0.05, 0) is 33.3 Å². The molecule has 3 heteroatoms. The molecule has 0 unspecified atom stereocenters. The van der Waals surface area contributed by atoms with Crippen LogP contribution in [0.5, 0.6) is 0 Å². The van der Waals surface area contributed by atoms with Crippen molar-refractivity contribution in [3.63, 3.8) is 0 Å². The molecule has 12 heavy (non-hydrogen) atoms. The van der Waals surface area contributed by atoms with Crippen LogP contribution < -0.4 is 0 Å². The van der Waals surface area contributed by atoms with Crippen LogP contribution in [0.15, 0.2) is 22.8 Å². The largest absolute Gasteiger partial charge is 0.412 e. The maximum atomic E-state index is 12.1. The van der Waals surface area contributed by atoms with Crippen LogP contribution in [0, 0.1) is 0 Å². The van der Waals surface area contributed by atoms with Gasteiger partial charge in [0.1, 0.15) is 0 Å². The van der Waals surface area contributed by atoms with Gasteiger partial charge in [-0.2, -0.15) is 13.2 Å². The Morgan fingerprint density at radius 2 is 1.50 bits per heavy atom. The smallest absolute Gasteiger partial charge is 0.166 e. The summed E-state index contributed by atoms with van der Waals surface area (Å²) < 4.78 is 36.3. The van der Waals surface area contributed by atoms with Gasteiger partial charge in [-0.1, -0.05) is 11.6 Å². The number of halogens is 3. The van der Waals surface area contributed by atoms with Gasteiger partial charge >= 0.3 is 6.18 Å². The Bertz CT molecular complexity index is 218. The molecule has 0 aromatic carbocycles. The van der Waals surface area contributed by atoms with Crippen LogP contribution in [-0.2, 0) is 0 Å². The van der Waals surface area contributed by atoms with E-state index >= 15 is 0 Å². The van der Waals surface area contributed by atoms with Gasteiger partial charge in [-0.3, -0.25) is 0 Å². The number of hydrogen-bond acceptors (Lipinski definition) is 0. The second kappa shape index (κ2) is 3.78. The van der Waals surface area contributed by atoms with Crippen molar-refractivity contribution < 1.29 is 13.2 Å². The van der Waals surface area contributed by atoms with Crippen molar-refractivity contribution in [2.24, 2.45) is 0 Å². The van der Waals surface area contributed by atoms with Gasteiger partial charge in [0.25, 0.3) is 0 Å². The topological polar surface area (TPSA) is 0 Å². The average molecular weight is 178 g/mol. The number of rotatable bonds is 1. The SMILES string of the molecule is C/C=C(C)\C(C)=C(/C)C(F)(F)F. The highest BCUT2D eigenvalue weighted by atomic mass is 19.4. The maximum Gasteiger partial charge on any atom is 0.412 e. The highest BCUT2D eigenvalue weighted by molar-refractivity contribution is 5.32. The Labute approximate surface area is 70.8 Å². The van der Waals surface area contributed by atoms with Crippen molar-refractivity contribution in [1.29, 1.82) is 0 Å². The quantitative estimate of drug-likeness (QED) is 0.535. The molecule has 0 radical (unpaired) electrons. The zero-order chi connectivity index (χ0) is 9.94. The van der Waals surface area contributed by atoms with Crippen LogP contribution in [0.2, 0.25) is 0 Å². The van der Waals surface area contributed by atoms with Crippen LogP contribution in [0.4, 0.5) is 13.2 Å². The minimum absolute atomic E-state index is 0.310. The fourth-order valence-electron chi connectivity index (χ4n) is 0.725. The molecule has 0 nitrogen and oxygen atoms in total. The van der Waals surface area contributed by atoms with Gasteiger partial charge in [0.15, 0.2) is 0 Å². The second-order valence-corrected chi connectivity index (χ2v) is 2.72. The molecule has 0 N–H and O–H groups in total.